The minimum Gasteiger partial charge on any atom is -0.340 e. The van der Waals surface area contributed by atoms with Gasteiger partial charge >= 0.3 is 0 Å². The molecule has 1 saturated heterocycles. The summed E-state index contributed by atoms with van der Waals surface area (Å²) < 4.78 is 0. The van der Waals surface area contributed by atoms with E-state index in [0.29, 0.717) is 42.7 Å². The molecule has 8 heteroatoms. The van der Waals surface area contributed by atoms with Crippen molar-refractivity contribution in [3.8, 4) is 0 Å². The van der Waals surface area contributed by atoms with Gasteiger partial charge in [0.2, 0.25) is 11.9 Å². The molecular weight excluding hydrogens is 354 g/mol. The number of piperazine rings is 1. The Morgan fingerprint density at radius 2 is 1.73 bits per heavy atom. The molecule has 1 aliphatic heterocycles. The molecule has 0 saturated carbocycles. The first-order valence-corrected chi connectivity index (χ1v) is 8.80. The summed E-state index contributed by atoms with van der Waals surface area (Å²) in [5, 5.41) is 3.09. The number of hydrogen-bond donors (Lipinski definition) is 1. The van der Waals surface area contributed by atoms with E-state index in [9.17, 15) is 9.59 Å². The van der Waals surface area contributed by atoms with Crippen molar-refractivity contribution >= 4 is 29.4 Å². The van der Waals surface area contributed by atoms with E-state index in [1.54, 1.807) is 54.5 Å². The predicted molar refractivity (Wildman–Crippen MR) is 99.2 cm³/mol. The number of benzene rings is 1. The van der Waals surface area contributed by atoms with Crippen LogP contribution in [0.25, 0.3) is 0 Å². The maximum atomic E-state index is 12.6. The van der Waals surface area contributed by atoms with Crippen LogP contribution in [0.5, 0.6) is 0 Å². The Balaban J connectivity index is 1.55. The number of hydrogen-bond acceptors (Lipinski definition) is 5. The lowest BCUT2D eigenvalue weighted by atomic mass is 10.2. The molecule has 1 N–H and O–H groups in total. The number of carbonyl (C=O) groups is 2. The Morgan fingerprint density at radius 1 is 1.08 bits per heavy atom. The molecule has 0 radical (unpaired) electrons. The van der Waals surface area contributed by atoms with E-state index in [1.165, 1.54) is 0 Å². The van der Waals surface area contributed by atoms with Gasteiger partial charge in [0, 0.05) is 38.6 Å². The summed E-state index contributed by atoms with van der Waals surface area (Å²) in [6.07, 6.45) is 3.40. The molecule has 2 heterocycles. The van der Waals surface area contributed by atoms with Gasteiger partial charge in [0.25, 0.3) is 5.91 Å². The van der Waals surface area contributed by atoms with Crippen LogP contribution in [0.3, 0.4) is 0 Å². The molecule has 0 bridgehead atoms. The van der Waals surface area contributed by atoms with Crippen molar-refractivity contribution in [2.45, 2.75) is 13.0 Å². The average Bonchev–Trinajstić information content (AvgIpc) is 2.68. The Bertz CT molecular complexity index is 778. The molecule has 1 aromatic carbocycles. The molecule has 26 heavy (non-hydrogen) atoms. The Hall–Kier alpha value is -2.67. The van der Waals surface area contributed by atoms with E-state index in [2.05, 4.69) is 15.3 Å². The average molecular weight is 374 g/mol. The van der Waals surface area contributed by atoms with E-state index in [0.717, 1.165) is 0 Å². The van der Waals surface area contributed by atoms with Crippen LogP contribution in [0.1, 0.15) is 17.3 Å². The number of nitrogens with zero attached hydrogens (tertiary/aromatic N) is 4. The third-order valence-electron chi connectivity index (χ3n) is 4.26. The summed E-state index contributed by atoms with van der Waals surface area (Å²) in [5.41, 5.74) is 0.361. The number of carbonyl (C=O) groups excluding carboxylic acids is 2. The molecule has 0 aliphatic carbocycles. The monoisotopic (exact) mass is 373 g/mol. The van der Waals surface area contributed by atoms with Crippen LogP contribution in [0.15, 0.2) is 42.7 Å². The van der Waals surface area contributed by atoms with Gasteiger partial charge in [-0.3, -0.25) is 9.59 Å². The zero-order chi connectivity index (χ0) is 18.5. The van der Waals surface area contributed by atoms with Gasteiger partial charge in [-0.05, 0) is 25.1 Å². The number of rotatable bonds is 4. The highest BCUT2D eigenvalue weighted by molar-refractivity contribution is 6.33. The van der Waals surface area contributed by atoms with Crippen LogP contribution in [-0.2, 0) is 4.79 Å². The fourth-order valence-corrected chi connectivity index (χ4v) is 3.06. The lowest BCUT2D eigenvalue weighted by Gasteiger charge is -2.35. The SMILES string of the molecule is C[C@H](NC(=O)c1ccccc1Cl)C(=O)N1CCN(c2ncccn2)CC1. The minimum absolute atomic E-state index is 0.112. The third-order valence-corrected chi connectivity index (χ3v) is 4.59. The summed E-state index contributed by atoms with van der Waals surface area (Å²) in [7, 11) is 0. The van der Waals surface area contributed by atoms with Gasteiger partial charge in [0.05, 0.1) is 10.6 Å². The fourth-order valence-electron chi connectivity index (χ4n) is 2.84. The number of nitrogens with one attached hydrogen (secondary N) is 1. The highest BCUT2D eigenvalue weighted by Gasteiger charge is 2.27. The van der Waals surface area contributed by atoms with Gasteiger partial charge in [-0.15, -0.1) is 0 Å². The highest BCUT2D eigenvalue weighted by Crippen LogP contribution is 2.15. The first-order valence-electron chi connectivity index (χ1n) is 8.42. The van der Waals surface area contributed by atoms with Gasteiger partial charge in [0.15, 0.2) is 0 Å². The van der Waals surface area contributed by atoms with Gasteiger partial charge in [-0.2, -0.15) is 0 Å². The molecule has 3 rings (SSSR count). The second-order valence-electron chi connectivity index (χ2n) is 6.04. The smallest absolute Gasteiger partial charge is 0.253 e. The molecule has 7 nitrogen and oxygen atoms in total. The molecule has 1 fully saturated rings. The lowest BCUT2D eigenvalue weighted by molar-refractivity contribution is -0.133. The first kappa shape index (κ1) is 18.1. The summed E-state index contributed by atoms with van der Waals surface area (Å²) in [6, 6.07) is 7.91. The van der Waals surface area contributed by atoms with Crippen LogP contribution in [0, 0.1) is 0 Å². The van der Waals surface area contributed by atoms with Crippen molar-refractivity contribution in [3.63, 3.8) is 0 Å². The van der Waals surface area contributed by atoms with E-state index in [1.807, 2.05) is 4.90 Å². The van der Waals surface area contributed by atoms with E-state index in [4.69, 9.17) is 11.6 Å². The Morgan fingerprint density at radius 3 is 2.38 bits per heavy atom. The maximum Gasteiger partial charge on any atom is 0.253 e. The van der Waals surface area contributed by atoms with Crippen molar-refractivity contribution < 1.29 is 9.59 Å². The predicted octanol–water partition coefficient (Wildman–Crippen LogP) is 1.60. The number of aromatic nitrogens is 2. The lowest BCUT2D eigenvalue weighted by Crippen LogP contribution is -2.54. The molecule has 136 valence electrons. The van der Waals surface area contributed by atoms with Gasteiger partial charge in [-0.25, -0.2) is 9.97 Å². The zero-order valence-corrected chi connectivity index (χ0v) is 15.2. The second kappa shape index (κ2) is 8.14. The second-order valence-corrected chi connectivity index (χ2v) is 6.44. The molecule has 2 amide bonds. The van der Waals surface area contributed by atoms with Crippen molar-refractivity contribution in [3.05, 3.63) is 53.3 Å². The first-order chi connectivity index (χ1) is 12.6. The van der Waals surface area contributed by atoms with E-state index in [-0.39, 0.29) is 11.8 Å². The fraction of sp³-hybridized carbons (Fsp3) is 0.333. The normalized spacial score (nSPS) is 15.5. The maximum absolute atomic E-state index is 12.6. The number of amides is 2. The van der Waals surface area contributed by atoms with Gasteiger partial charge in [-0.1, -0.05) is 23.7 Å². The summed E-state index contributed by atoms with van der Waals surface area (Å²) in [4.78, 5) is 37.2. The largest absolute Gasteiger partial charge is 0.340 e. The van der Waals surface area contributed by atoms with E-state index >= 15 is 0 Å². The van der Waals surface area contributed by atoms with Crippen LogP contribution in [-0.4, -0.2) is 58.9 Å². The zero-order valence-electron chi connectivity index (χ0n) is 14.4. The van der Waals surface area contributed by atoms with Crippen LogP contribution in [0.4, 0.5) is 5.95 Å². The molecular formula is C18H20ClN5O2. The molecule has 1 aromatic heterocycles. The van der Waals surface area contributed by atoms with E-state index < -0.39 is 6.04 Å². The van der Waals surface area contributed by atoms with Gasteiger partial charge in [0.1, 0.15) is 6.04 Å². The van der Waals surface area contributed by atoms with Crippen molar-refractivity contribution in [2.24, 2.45) is 0 Å². The third kappa shape index (κ3) is 4.11. The van der Waals surface area contributed by atoms with Crippen molar-refractivity contribution in [2.75, 3.05) is 31.1 Å². The molecule has 2 aromatic rings. The quantitative estimate of drug-likeness (QED) is 0.880. The van der Waals surface area contributed by atoms with Gasteiger partial charge < -0.3 is 15.1 Å². The Kier molecular flexibility index (Phi) is 5.68. The van der Waals surface area contributed by atoms with Crippen molar-refractivity contribution in [1.29, 1.82) is 0 Å². The number of anilines is 1. The molecule has 1 atom stereocenters. The standard InChI is InChI=1S/C18H20ClN5O2/c1-13(22-16(25)14-5-2-3-6-15(14)19)17(26)23-9-11-24(12-10-23)18-20-7-4-8-21-18/h2-8,13H,9-12H2,1H3,(H,22,25)/t13-/m0/s1. The topological polar surface area (TPSA) is 78.4 Å². The summed E-state index contributed by atoms with van der Waals surface area (Å²) in [5.74, 6) is 0.200. The minimum atomic E-state index is -0.627. The van der Waals surface area contributed by atoms with Crippen LogP contribution >= 0.6 is 11.6 Å². The number of halogens is 1. The van der Waals surface area contributed by atoms with Crippen molar-refractivity contribution in [1.82, 2.24) is 20.2 Å². The molecule has 0 unspecified atom stereocenters. The highest BCUT2D eigenvalue weighted by atomic mass is 35.5. The summed E-state index contributed by atoms with van der Waals surface area (Å²) in [6.45, 7) is 4.11. The molecule has 1 aliphatic rings. The van der Waals surface area contributed by atoms with Crippen LogP contribution in [0.2, 0.25) is 5.02 Å². The summed E-state index contributed by atoms with van der Waals surface area (Å²) >= 11 is 6.03. The Labute approximate surface area is 157 Å². The van der Waals surface area contributed by atoms with Crippen LogP contribution < -0.4 is 10.2 Å². The molecule has 0 spiro atoms.